The summed E-state index contributed by atoms with van der Waals surface area (Å²) in [6.45, 7) is 1.71. The lowest BCUT2D eigenvalue weighted by molar-refractivity contribution is 0.0712. The third kappa shape index (κ3) is 3.03. The molecule has 8 heteroatoms. The molecule has 0 spiro atoms. The van der Waals surface area contributed by atoms with Crippen molar-refractivity contribution in [2.45, 2.75) is 13.0 Å². The molecule has 1 aliphatic heterocycles. The Morgan fingerprint density at radius 2 is 2.26 bits per heavy atom. The Kier molecular flexibility index (Phi) is 3.78. The average Bonchev–Trinajstić information content (AvgIpc) is 2.30. The molecule has 1 amide bonds. The third-order valence-corrected chi connectivity index (χ3v) is 5.06. The van der Waals surface area contributed by atoms with Gasteiger partial charge in [0, 0.05) is 12.6 Å². The van der Waals surface area contributed by atoms with Crippen molar-refractivity contribution in [1.29, 1.82) is 0 Å². The van der Waals surface area contributed by atoms with Gasteiger partial charge in [-0.1, -0.05) is 11.6 Å². The molecule has 5 nitrogen and oxygen atoms in total. The van der Waals surface area contributed by atoms with Gasteiger partial charge in [0.2, 0.25) is 0 Å². The third-order valence-electron chi connectivity index (χ3n) is 2.97. The lowest BCUT2D eigenvalue weighted by atomic mass is 10.2. The predicted octanol–water partition coefficient (Wildman–Crippen LogP) is 1.13. The fraction of sp³-hybridized carbons (Fsp3) is 0.455. The van der Waals surface area contributed by atoms with Gasteiger partial charge >= 0.3 is 0 Å². The molecule has 1 unspecified atom stereocenters. The highest BCUT2D eigenvalue weighted by Gasteiger charge is 2.32. The van der Waals surface area contributed by atoms with E-state index in [4.69, 9.17) is 11.6 Å². The second kappa shape index (κ2) is 5.05. The Morgan fingerprint density at radius 1 is 1.58 bits per heavy atom. The molecule has 19 heavy (non-hydrogen) atoms. The van der Waals surface area contributed by atoms with E-state index in [1.807, 2.05) is 0 Å². The molecular weight excluding hydrogens is 295 g/mol. The molecule has 1 atom stereocenters. The topological polar surface area (TPSA) is 67.3 Å². The van der Waals surface area contributed by atoms with Gasteiger partial charge in [-0.2, -0.15) is 0 Å². The summed E-state index contributed by atoms with van der Waals surface area (Å²) in [4.78, 5) is 17.2. The quantitative estimate of drug-likeness (QED) is 0.730. The zero-order valence-electron chi connectivity index (χ0n) is 10.1. The van der Waals surface area contributed by atoms with E-state index in [9.17, 15) is 17.6 Å². The second-order valence-corrected chi connectivity index (χ2v) is 7.04. The molecule has 1 aromatic heterocycles. The Labute approximate surface area is 115 Å². The van der Waals surface area contributed by atoms with E-state index in [2.05, 4.69) is 4.98 Å². The number of halogens is 2. The van der Waals surface area contributed by atoms with Gasteiger partial charge in [0.05, 0.1) is 23.3 Å². The van der Waals surface area contributed by atoms with E-state index in [1.165, 1.54) is 4.90 Å². The van der Waals surface area contributed by atoms with Crippen LogP contribution in [0.5, 0.6) is 0 Å². The first-order chi connectivity index (χ1) is 8.80. The normalized spacial score (nSPS) is 22.3. The smallest absolute Gasteiger partial charge is 0.257 e. The van der Waals surface area contributed by atoms with Crippen molar-refractivity contribution < 1.29 is 17.6 Å². The van der Waals surface area contributed by atoms with Crippen molar-refractivity contribution in [3.05, 3.63) is 28.8 Å². The van der Waals surface area contributed by atoms with Crippen LogP contribution in [0.4, 0.5) is 4.39 Å². The second-order valence-electron chi connectivity index (χ2n) is 4.45. The van der Waals surface area contributed by atoms with E-state index < -0.39 is 27.6 Å². The van der Waals surface area contributed by atoms with Crippen LogP contribution in [0.3, 0.4) is 0 Å². The van der Waals surface area contributed by atoms with Gasteiger partial charge in [0.25, 0.3) is 5.91 Å². The molecule has 1 aromatic rings. The van der Waals surface area contributed by atoms with Crippen LogP contribution >= 0.6 is 11.6 Å². The highest BCUT2D eigenvalue weighted by molar-refractivity contribution is 7.91. The number of amides is 1. The maximum absolute atomic E-state index is 13.1. The number of pyridine rings is 1. The minimum Gasteiger partial charge on any atom is -0.334 e. The number of rotatable bonds is 1. The summed E-state index contributed by atoms with van der Waals surface area (Å²) in [5, 5.41) is -0.0907. The van der Waals surface area contributed by atoms with Gasteiger partial charge in [0.1, 0.15) is 11.0 Å². The van der Waals surface area contributed by atoms with Crippen LogP contribution in [0.2, 0.25) is 5.15 Å². The highest BCUT2D eigenvalue weighted by atomic mass is 35.5. The fourth-order valence-corrected chi connectivity index (χ4v) is 3.77. The first-order valence-electron chi connectivity index (χ1n) is 5.62. The molecule has 2 heterocycles. The number of nitrogens with zero attached hydrogens (tertiary/aromatic N) is 2. The van der Waals surface area contributed by atoms with E-state index in [-0.39, 0.29) is 28.8 Å². The summed E-state index contributed by atoms with van der Waals surface area (Å²) in [6.07, 6.45) is 0.920. The molecular formula is C11H12ClFN2O3S. The number of sulfone groups is 1. The van der Waals surface area contributed by atoms with Crippen molar-refractivity contribution in [3.63, 3.8) is 0 Å². The summed E-state index contributed by atoms with van der Waals surface area (Å²) < 4.78 is 36.0. The minimum absolute atomic E-state index is 0.0483. The lowest BCUT2D eigenvalue weighted by Gasteiger charge is -2.33. The molecule has 1 fully saturated rings. The van der Waals surface area contributed by atoms with Gasteiger partial charge in [-0.15, -0.1) is 0 Å². The molecule has 2 rings (SSSR count). The first kappa shape index (κ1) is 14.2. The van der Waals surface area contributed by atoms with Crippen LogP contribution in [0.25, 0.3) is 0 Å². The molecule has 1 aliphatic rings. The largest absolute Gasteiger partial charge is 0.334 e. The maximum Gasteiger partial charge on any atom is 0.257 e. The average molecular weight is 307 g/mol. The lowest BCUT2D eigenvalue weighted by Crippen LogP contribution is -2.49. The van der Waals surface area contributed by atoms with E-state index in [0.717, 1.165) is 12.3 Å². The van der Waals surface area contributed by atoms with Gasteiger partial charge in [-0.3, -0.25) is 4.79 Å². The molecule has 0 saturated carbocycles. The fourth-order valence-electron chi connectivity index (χ4n) is 2.03. The SMILES string of the molecule is CC1CS(=O)(=O)CCN1C(=O)c1cc(F)cnc1Cl. The molecule has 0 radical (unpaired) electrons. The van der Waals surface area contributed by atoms with E-state index >= 15 is 0 Å². The van der Waals surface area contributed by atoms with Crippen LogP contribution in [-0.2, 0) is 9.84 Å². The van der Waals surface area contributed by atoms with Crippen molar-refractivity contribution in [1.82, 2.24) is 9.88 Å². The zero-order chi connectivity index (χ0) is 14.2. The zero-order valence-corrected chi connectivity index (χ0v) is 11.7. The van der Waals surface area contributed by atoms with Crippen molar-refractivity contribution in [2.24, 2.45) is 0 Å². The van der Waals surface area contributed by atoms with Crippen LogP contribution in [0.1, 0.15) is 17.3 Å². The van der Waals surface area contributed by atoms with Crippen LogP contribution in [0, 0.1) is 5.82 Å². The van der Waals surface area contributed by atoms with Gasteiger partial charge < -0.3 is 4.90 Å². The number of hydrogen-bond donors (Lipinski definition) is 0. The monoisotopic (exact) mass is 306 g/mol. The van der Waals surface area contributed by atoms with Crippen LogP contribution in [0.15, 0.2) is 12.3 Å². The molecule has 0 bridgehead atoms. The molecule has 0 aliphatic carbocycles. The van der Waals surface area contributed by atoms with Crippen molar-refractivity contribution >= 4 is 27.3 Å². The van der Waals surface area contributed by atoms with Crippen molar-refractivity contribution in [2.75, 3.05) is 18.1 Å². The molecule has 1 saturated heterocycles. The van der Waals surface area contributed by atoms with E-state index in [0.29, 0.717) is 0 Å². The standard InChI is InChI=1S/C11H12ClFN2O3S/c1-7-6-19(17,18)3-2-15(7)11(16)9-4-8(13)5-14-10(9)12/h4-5,7H,2-3,6H2,1H3. The number of aromatic nitrogens is 1. The Balaban J connectivity index is 2.27. The predicted molar refractivity (Wildman–Crippen MR) is 68.4 cm³/mol. The summed E-state index contributed by atoms with van der Waals surface area (Å²) in [5.41, 5.74) is -0.0483. The number of carbonyl (C=O) groups is 1. The van der Waals surface area contributed by atoms with Gasteiger partial charge in [-0.05, 0) is 13.0 Å². The summed E-state index contributed by atoms with van der Waals surface area (Å²) in [6, 6.07) is 0.540. The number of hydrogen-bond acceptors (Lipinski definition) is 4. The van der Waals surface area contributed by atoms with Gasteiger partial charge in [0.15, 0.2) is 9.84 Å². The summed E-state index contributed by atoms with van der Waals surface area (Å²) in [7, 11) is -3.12. The van der Waals surface area contributed by atoms with Gasteiger partial charge in [-0.25, -0.2) is 17.8 Å². The highest BCUT2D eigenvalue weighted by Crippen LogP contribution is 2.20. The first-order valence-corrected chi connectivity index (χ1v) is 7.82. The summed E-state index contributed by atoms with van der Waals surface area (Å²) >= 11 is 5.77. The minimum atomic E-state index is -3.12. The summed E-state index contributed by atoms with van der Waals surface area (Å²) in [5.74, 6) is -1.35. The van der Waals surface area contributed by atoms with Crippen LogP contribution < -0.4 is 0 Å². The Morgan fingerprint density at radius 3 is 2.89 bits per heavy atom. The Hall–Kier alpha value is -1.21. The molecule has 0 aromatic carbocycles. The van der Waals surface area contributed by atoms with E-state index in [1.54, 1.807) is 6.92 Å². The number of carbonyl (C=O) groups excluding carboxylic acids is 1. The van der Waals surface area contributed by atoms with Crippen LogP contribution in [-0.4, -0.2) is 48.3 Å². The maximum atomic E-state index is 13.1. The van der Waals surface area contributed by atoms with Crippen molar-refractivity contribution in [3.8, 4) is 0 Å². The molecule has 104 valence electrons. The molecule has 0 N–H and O–H groups in total. The Bertz CT molecular complexity index is 620.